The molecule has 0 atom stereocenters. The Hall–Kier alpha value is -1.79. The summed E-state index contributed by atoms with van der Waals surface area (Å²) in [5.74, 6) is 2.47. The molecular weight excluding hydrogens is 364 g/mol. The van der Waals surface area contributed by atoms with Crippen LogP contribution in [0, 0.1) is 5.92 Å². The summed E-state index contributed by atoms with van der Waals surface area (Å²) in [5, 5.41) is 6.72. The van der Waals surface area contributed by atoms with Crippen LogP contribution in [0.3, 0.4) is 0 Å². The van der Waals surface area contributed by atoms with Gasteiger partial charge in [0.15, 0.2) is 5.96 Å². The molecule has 2 rings (SSSR count). The quantitative estimate of drug-likeness (QED) is 0.438. The van der Waals surface area contributed by atoms with Gasteiger partial charge in [0, 0.05) is 38.9 Å². The van der Waals surface area contributed by atoms with Gasteiger partial charge in [0.25, 0.3) is 0 Å². The summed E-state index contributed by atoms with van der Waals surface area (Å²) in [4.78, 5) is 7.10. The first-order valence-electron chi connectivity index (χ1n) is 11.1. The Bertz CT molecular complexity index is 600. The van der Waals surface area contributed by atoms with Gasteiger partial charge in [0.05, 0.1) is 6.54 Å². The second-order valence-electron chi connectivity index (χ2n) is 8.12. The lowest BCUT2D eigenvalue weighted by atomic mass is 10.1. The van der Waals surface area contributed by atoms with E-state index in [1.807, 2.05) is 12.1 Å². The number of likely N-dealkylation sites (N-methyl/N-ethyl adjacent to an activating group) is 1. The predicted octanol–water partition coefficient (Wildman–Crippen LogP) is 3.28. The van der Waals surface area contributed by atoms with Gasteiger partial charge >= 0.3 is 0 Å². The average Bonchev–Trinajstić information content (AvgIpc) is 2.72. The lowest BCUT2D eigenvalue weighted by Crippen LogP contribution is -2.38. The van der Waals surface area contributed by atoms with Crippen molar-refractivity contribution in [2.45, 2.75) is 52.6 Å². The molecule has 6 heteroatoms. The maximum Gasteiger partial charge on any atom is 0.191 e. The molecule has 1 aromatic carbocycles. The Labute approximate surface area is 177 Å². The van der Waals surface area contributed by atoms with E-state index in [1.54, 1.807) is 0 Å². The highest BCUT2D eigenvalue weighted by Gasteiger charge is 2.17. The second-order valence-corrected chi connectivity index (χ2v) is 8.12. The van der Waals surface area contributed by atoms with Gasteiger partial charge in [-0.1, -0.05) is 26.0 Å². The highest BCUT2D eigenvalue weighted by molar-refractivity contribution is 5.79. The maximum atomic E-state index is 6.00. The summed E-state index contributed by atoms with van der Waals surface area (Å²) >= 11 is 0. The Balaban J connectivity index is 1.79. The van der Waals surface area contributed by atoms with E-state index in [1.165, 1.54) is 0 Å². The van der Waals surface area contributed by atoms with Crippen molar-refractivity contribution in [1.29, 1.82) is 0 Å². The van der Waals surface area contributed by atoms with E-state index in [4.69, 9.17) is 14.5 Å². The lowest BCUT2D eigenvalue weighted by molar-refractivity contribution is 0.0392. The highest BCUT2D eigenvalue weighted by Crippen LogP contribution is 2.15. The Morgan fingerprint density at radius 2 is 2.07 bits per heavy atom. The van der Waals surface area contributed by atoms with E-state index in [9.17, 15) is 0 Å². The van der Waals surface area contributed by atoms with Gasteiger partial charge in [0.2, 0.25) is 0 Å². The summed E-state index contributed by atoms with van der Waals surface area (Å²) in [6, 6.07) is 8.87. The minimum atomic E-state index is 0.612. The molecule has 0 radical (unpaired) electrons. The van der Waals surface area contributed by atoms with Crippen molar-refractivity contribution in [3.8, 4) is 5.75 Å². The molecule has 1 aliphatic rings. The molecule has 1 aromatic rings. The monoisotopic (exact) mass is 404 g/mol. The van der Waals surface area contributed by atoms with Crippen molar-refractivity contribution in [2.24, 2.45) is 10.9 Å². The molecule has 1 fully saturated rings. The van der Waals surface area contributed by atoms with Crippen molar-refractivity contribution in [1.82, 2.24) is 15.5 Å². The van der Waals surface area contributed by atoms with Crippen LogP contribution in [-0.4, -0.2) is 63.4 Å². The third-order valence-corrected chi connectivity index (χ3v) is 5.20. The second kappa shape index (κ2) is 13.4. The number of aliphatic imine (C=N–C) groups is 1. The first-order valence-corrected chi connectivity index (χ1v) is 11.1. The van der Waals surface area contributed by atoms with E-state index in [2.05, 4.69) is 55.5 Å². The molecule has 6 nitrogen and oxygen atoms in total. The normalized spacial score (nSPS) is 15.7. The van der Waals surface area contributed by atoms with E-state index in [-0.39, 0.29) is 0 Å². The predicted molar refractivity (Wildman–Crippen MR) is 121 cm³/mol. The Kier molecular flexibility index (Phi) is 10.9. The molecule has 0 unspecified atom stereocenters. The zero-order chi connectivity index (χ0) is 20.9. The summed E-state index contributed by atoms with van der Waals surface area (Å²) < 4.78 is 11.4. The molecule has 1 heterocycles. The van der Waals surface area contributed by atoms with Crippen molar-refractivity contribution in [3.63, 3.8) is 0 Å². The molecule has 0 saturated carbocycles. The first kappa shape index (κ1) is 23.5. The van der Waals surface area contributed by atoms with Gasteiger partial charge in [0.1, 0.15) is 12.4 Å². The molecule has 164 valence electrons. The summed E-state index contributed by atoms with van der Waals surface area (Å²) in [6.45, 7) is 12.4. The molecule has 2 N–H and O–H groups in total. The van der Waals surface area contributed by atoms with Gasteiger partial charge in [-0.05, 0) is 56.8 Å². The van der Waals surface area contributed by atoms with Crippen LogP contribution in [0.25, 0.3) is 0 Å². The van der Waals surface area contributed by atoms with Crippen molar-refractivity contribution < 1.29 is 9.47 Å². The van der Waals surface area contributed by atoms with Crippen LogP contribution in [0.1, 0.15) is 45.6 Å². The van der Waals surface area contributed by atoms with Crippen LogP contribution in [-0.2, 0) is 11.3 Å². The third kappa shape index (κ3) is 9.50. The molecule has 0 spiro atoms. The minimum absolute atomic E-state index is 0.612. The lowest BCUT2D eigenvalue weighted by Gasteiger charge is -2.31. The number of ether oxygens (including phenoxy) is 2. The van der Waals surface area contributed by atoms with E-state index < -0.39 is 0 Å². The van der Waals surface area contributed by atoms with Crippen LogP contribution in [0.4, 0.5) is 0 Å². The molecule has 0 bridgehead atoms. The fourth-order valence-electron chi connectivity index (χ4n) is 3.34. The van der Waals surface area contributed by atoms with Gasteiger partial charge < -0.3 is 20.1 Å². The van der Waals surface area contributed by atoms with Crippen molar-refractivity contribution in [3.05, 3.63) is 29.8 Å². The number of hydrogen-bond donors (Lipinski definition) is 2. The number of rotatable bonds is 11. The van der Waals surface area contributed by atoms with Crippen LogP contribution < -0.4 is 15.4 Å². The third-order valence-electron chi connectivity index (χ3n) is 5.20. The van der Waals surface area contributed by atoms with Crippen LogP contribution >= 0.6 is 0 Å². The molecule has 29 heavy (non-hydrogen) atoms. The standard InChI is InChI=1S/C23H40N4O2/c1-5-24-23(25-12-9-19(2)3)26-18-20-7-6-8-22(17-20)29-16-13-27(4)21-10-14-28-15-11-21/h6-8,17,19,21H,5,9-16,18H2,1-4H3,(H2,24,25,26). The fraction of sp³-hybridized carbons (Fsp3) is 0.696. The fourth-order valence-corrected chi connectivity index (χ4v) is 3.34. The maximum absolute atomic E-state index is 6.00. The first-order chi connectivity index (χ1) is 14.1. The number of nitrogens with zero attached hydrogens (tertiary/aromatic N) is 2. The van der Waals surface area contributed by atoms with E-state index in [0.29, 0.717) is 25.1 Å². The summed E-state index contributed by atoms with van der Waals surface area (Å²) in [6.07, 6.45) is 3.36. The Morgan fingerprint density at radius 1 is 1.28 bits per heavy atom. The topological polar surface area (TPSA) is 58.1 Å². The van der Waals surface area contributed by atoms with Gasteiger partial charge in [-0.2, -0.15) is 0 Å². The van der Waals surface area contributed by atoms with Crippen LogP contribution in [0.2, 0.25) is 0 Å². The largest absolute Gasteiger partial charge is 0.492 e. The molecule has 1 aliphatic heterocycles. The zero-order valence-corrected chi connectivity index (χ0v) is 18.7. The Morgan fingerprint density at radius 3 is 2.79 bits per heavy atom. The molecule has 0 amide bonds. The summed E-state index contributed by atoms with van der Waals surface area (Å²) in [7, 11) is 2.18. The molecule has 1 saturated heterocycles. The summed E-state index contributed by atoms with van der Waals surface area (Å²) in [5.41, 5.74) is 1.15. The molecular formula is C23H40N4O2. The van der Waals surface area contributed by atoms with E-state index in [0.717, 1.165) is 69.4 Å². The van der Waals surface area contributed by atoms with Gasteiger partial charge in [-0.15, -0.1) is 0 Å². The number of guanidine groups is 1. The SMILES string of the molecule is CCNC(=NCc1cccc(OCCN(C)C2CCOCC2)c1)NCCC(C)C. The van der Waals surface area contributed by atoms with Crippen LogP contribution in [0.5, 0.6) is 5.75 Å². The molecule has 0 aromatic heterocycles. The van der Waals surface area contributed by atoms with E-state index >= 15 is 0 Å². The molecule has 0 aliphatic carbocycles. The smallest absolute Gasteiger partial charge is 0.191 e. The highest BCUT2D eigenvalue weighted by atomic mass is 16.5. The minimum Gasteiger partial charge on any atom is -0.492 e. The van der Waals surface area contributed by atoms with Crippen LogP contribution in [0.15, 0.2) is 29.3 Å². The number of nitrogens with one attached hydrogen (secondary N) is 2. The van der Waals surface area contributed by atoms with Gasteiger partial charge in [-0.3, -0.25) is 4.90 Å². The van der Waals surface area contributed by atoms with Gasteiger partial charge in [-0.25, -0.2) is 4.99 Å². The average molecular weight is 405 g/mol. The zero-order valence-electron chi connectivity index (χ0n) is 18.7. The van der Waals surface area contributed by atoms with Crippen molar-refractivity contribution >= 4 is 5.96 Å². The number of benzene rings is 1. The van der Waals surface area contributed by atoms with Crippen molar-refractivity contribution in [2.75, 3.05) is 46.5 Å². The number of hydrogen-bond acceptors (Lipinski definition) is 4.